The Balaban J connectivity index is 2.14. The van der Waals surface area contributed by atoms with Crippen LogP contribution in [0.1, 0.15) is 35.6 Å². The lowest BCUT2D eigenvalue weighted by Crippen LogP contribution is -2.27. The van der Waals surface area contributed by atoms with Gasteiger partial charge in [-0.3, -0.25) is 0 Å². The van der Waals surface area contributed by atoms with Gasteiger partial charge in [0.2, 0.25) is 0 Å². The van der Waals surface area contributed by atoms with E-state index in [1.165, 1.54) is 41.4 Å². The van der Waals surface area contributed by atoms with Crippen LogP contribution in [0.5, 0.6) is 0 Å². The molecule has 1 aromatic heterocycles. The minimum absolute atomic E-state index is 1.02. The van der Waals surface area contributed by atoms with Crippen molar-refractivity contribution in [2.75, 3.05) is 26.2 Å². The summed E-state index contributed by atoms with van der Waals surface area (Å²) in [5, 5.41) is 3.54. The van der Waals surface area contributed by atoms with Gasteiger partial charge in [-0.2, -0.15) is 0 Å². The van der Waals surface area contributed by atoms with E-state index in [2.05, 4.69) is 44.0 Å². The van der Waals surface area contributed by atoms with Crippen molar-refractivity contribution < 1.29 is 0 Å². The molecule has 1 heterocycles. The molecule has 0 fully saturated rings. The third kappa shape index (κ3) is 5.19. The summed E-state index contributed by atoms with van der Waals surface area (Å²) in [7, 11) is 0. The maximum atomic E-state index is 3.54. The smallest absolute Gasteiger partial charge is 0.0216 e. The van der Waals surface area contributed by atoms with Gasteiger partial charge in [0.25, 0.3) is 0 Å². The second-order valence-corrected chi connectivity index (χ2v) is 5.96. The third-order valence-electron chi connectivity index (χ3n) is 3.18. The summed E-state index contributed by atoms with van der Waals surface area (Å²) in [5.74, 6) is 0. The summed E-state index contributed by atoms with van der Waals surface area (Å²) in [4.78, 5) is 5.35. The van der Waals surface area contributed by atoms with Gasteiger partial charge in [-0.05, 0) is 58.1 Å². The number of nitrogens with zero attached hydrogens (tertiary/aromatic N) is 1. The first-order valence-corrected chi connectivity index (χ1v) is 7.48. The third-order valence-corrected chi connectivity index (χ3v) is 4.19. The van der Waals surface area contributed by atoms with Crippen molar-refractivity contribution in [2.45, 2.75) is 40.7 Å². The quantitative estimate of drug-likeness (QED) is 0.717. The molecular formula is C14H26N2S. The summed E-state index contributed by atoms with van der Waals surface area (Å²) in [5.41, 5.74) is 1.47. The topological polar surface area (TPSA) is 15.3 Å². The molecule has 0 aliphatic heterocycles. The van der Waals surface area contributed by atoms with Crippen molar-refractivity contribution in [3.05, 3.63) is 21.4 Å². The molecule has 1 N–H and O–H groups in total. The first kappa shape index (κ1) is 14.7. The van der Waals surface area contributed by atoms with Gasteiger partial charge in [0.05, 0.1) is 0 Å². The molecule has 1 aromatic rings. The zero-order chi connectivity index (χ0) is 12.7. The summed E-state index contributed by atoms with van der Waals surface area (Å²) < 4.78 is 0. The normalized spacial score (nSPS) is 11.4. The van der Waals surface area contributed by atoms with E-state index in [9.17, 15) is 0 Å². The van der Waals surface area contributed by atoms with Crippen LogP contribution in [-0.4, -0.2) is 31.1 Å². The van der Waals surface area contributed by atoms with Gasteiger partial charge in [-0.25, -0.2) is 0 Å². The zero-order valence-electron chi connectivity index (χ0n) is 11.7. The molecule has 0 saturated heterocycles. The van der Waals surface area contributed by atoms with E-state index in [1.54, 1.807) is 0 Å². The van der Waals surface area contributed by atoms with E-state index >= 15 is 0 Å². The fourth-order valence-electron chi connectivity index (χ4n) is 2.05. The van der Waals surface area contributed by atoms with Crippen LogP contribution in [0, 0.1) is 13.8 Å². The van der Waals surface area contributed by atoms with E-state index in [1.807, 2.05) is 11.3 Å². The maximum Gasteiger partial charge on any atom is 0.0216 e. The van der Waals surface area contributed by atoms with Crippen LogP contribution in [0.3, 0.4) is 0 Å². The van der Waals surface area contributed by atoms with Gasteiger partial charge in [0, 0.05) is 16.3 Å². The Kier molecular flexibility index (Phi) is 6.78. The average Bonchev–Trinajstić information content (AvgIpc) is 2.62. The number of aryl methyl sites for hydroxylation is 2. The standard InChI is InChI=1S/C14H26N2S/c1-5-16(6-2)9-7-8-15-11-14-10-12(3)17-13(14)4/h10,15H,5-9,11H2,1-4H3. The Morgan fingerprint density at radius 3 is 2.47 bits per heavy atom. The molecule has 0 unspecified atom stereocenters. The Hall–Kier alpha value is -0.380. The fourth-order valence-corrected chi connectivity index (χ4v) is 3.00. The van der Waals surface area contributed by atoms with Crippen LogP contribution in [-0.2, 0) is 6.54 Å². The lowest BCUT2D eigenvalue weighted by Gasteiger charge is -2.17. The molecule has 0 bridgehead atoms. The molecule has 0 amide bonds. The van der Waals surface area contributed by atoms with E-state index in [4.69, 9.17) is 0 Å². The van der Waals surface area contributed by atoms with Crippen LogP contribution < -0.4 is 5.32 Å². The van der Waals surface area contributed by atoms with Crippen LogP contribution in [0.25, 0.3) is 0 Å². The Morgan fingerprint density at radius 2 is 1.94 bits per heavy atom. The summed E-state index contributed by atoms with van der Waals surface area (Å²) in [6, 6.07) is 2.30. The minimum Gasteiger partial charge on any atom is -0.313 e. The Morgan fingerprint density at radius 1 is 1.24 bits per heavy atom. The number of rotatable bonds is 8. The molecule has 0 radical (unpaired) electrons. The first-order chi connectivity index (χ1) is 8.17. The van der Waals surface area contributed by atoms with E-state index in [0.717, 1.165) is 13.1 Å². The lowest BCUT2D eigenvalue weighted by atomic mass is 10.2. The molecule has 3 heteroatoms. The molecule has 0 atom stereocenters. The van der Waals surface area contributed by atoms with Crippen molar-refractivity contribution in [2.24, 2.45) is 0 Å². The van der Waals surface area contributed by atoms with Crippen molar-refractivity contribution >= 4 is 11.3 Å². The average molecular weight is 254 g/mol. The van der Waals surface area contributed by atoms with Crippen molar-refractivity contribution in [3.8, 4) is 0 Å². The van der Waals surface area contributed by atoms with Gasteiger partial charge in [-0.15, -0.1) is 11.3 Å². The Bertz CT molecular complexity index is 316. The van der Waals surface area contributed by atoms with E-state index < -0.39 is 0 Å². The second-order valence-electron chi connectivity index (χ2n) is 4.50. The highest BCUT2D eigenvalue weighted by Gasteiger charge is 2.02. The van der Waals surface area contributed by atoms with Crippen molar-refractivity contribution in [3.63, 3.8) is 0 Å². The highest BCUT2D eigenvalue weighted by molar-refractivity contribution is 7.12. The number of nitrogens with one attached hydrogen (secondary N) is 1. The maximum absolute atomic E-state index is 3.54. The van der Waals surface area contributed by atoms with Gasteiger partial charge in [0.1, 0.15) is 0 Å². The summed E-state index contributed by atoms with van der Waals surface area (Å²) in [6.45, 7) is 14.5. The van der Waals surface area contributed by atoms with E-state index in [-0.39, 0.29) is 0 Å². The predicted octanol–water partition coefficient (Wildman–Crippen LogP) is 3.19. The molecule has 2 nitrogen and oxygen atoms in total. The molecular weight excluding hydrogens is 228 g/mol. The molecule has 0 saturated carbocycles. The van der Waals surface area contributed by atoms with Crippen LogP contribution in [0.4, 0.5) is 0 Å². The predicted molar refractivity (Wildman–Crippen MR) is 77.9 cm³/mol. The molecule has 0 aromatic carbocycles. The fraction of sp³-hybridized carbons (Fsp3) is 0.714. The molecule has 0 aliphatic rings. The highest BCUT2D eigenvalue weighted by atomic mass is 32.1. The first-order valence-electron chi connectivity index (χ1n) is 6.66. The van der Waals surface area contributed by atoms with E-state index in [0.29, 0.717) is 0 Å². The summed E-state index contributed by atoms with van der Waals surface area (Å²) in [6.07, 6.45) is 1.24. The van der Waals surface area contributed by atoms with Crippen LogP contribution >= 0.6 is 11.3 Å². The largest absolute Gasteiger partial charge is 0.313 e. The van der Waals surface area contributed by atoms with Gasteiger partial charge >= 0.3 is 0 Å². The zero-order valence-corrected chi connectivity index (χ0v) is 12.5. The van der Waals surface area contributed by atoms with Gasteiger partial charge in [0.15, 0.2) is 0 Å². The molecule has 0 aliphatic carbocycles. The molecule has 17 heavy (non-hydrogen) atoms. The SMILES string of the molecule is CCN(CC)CCCNCc1cc(C)sc1C. The Labute approximate surface area is 110 Å². The van der Waals surface area contributed by atoms with Gasteiger partial charge in [-0.1, -0.05) is 13.8 Å². The monoisotopic (exact) mass is 254 g/mol. The minimum atomic E-state index is 1.02. The van der Waals surface area contributed by atoms with Crippen molar-refractivity contribution in [1.29, 1.82) is 0 Å². The lowest BCUT2D eigenvalue weighted by molar-refractivity contribution is 0.298. The number of hydrogen-bond acceptors (Lipinski definition) is 3. The molecule has 98 valence electrons. The van der Waals surface area contributed by atoms with Crippen molar-refractivity contribution in [1.82, 2.24) is 10.2 Å². The van der Waals surface area contributed by atoms with Crippen LogP contribution in [0.15, 0.2) is 6.07 Å². The van der Waals surface area contributed by atoms with Gasteiger partial charge < -0.3 is 10.2 Å². The molecule has 1 rings (SSSR count). The summed E-state index contributed by atoms with van der Waals surface area (Å²) >= 11 is 1.90. The second kappa shape index (κ2) is 7.85. The highest BCUT2D eigenvalue weighted by Crippen LogP contribution is 2.20. The number of thiophene rings is 1. The van der Waals surface area contributed by atoms with Crippen LogP contribution in [0.2, 0.25) is 0 Å². The molecule has 0 spiro atoms. The number of hydrogen-bond donors (Lipinski definition) is 1.